The number of amides is 1. The van der Waals surface area contributed by atoms with E-state index in [-0.39, 0.29) is 11.9 Å². The quantitative estimate of drug-likeness (QED) is 0.890. The summed E-state index contributed by atoms with van der Waals surface area (Å²) in [7, 11) is 0. The summed E-state index contributed by atoms with van der Waals surface area (Å²) in [6, 6.07) is 3.57. The summed E-state index contributed by atoms with van der Waals surface area (Å²) in [4.78, 5) is 12.0. The SMILES string of the molecule is Cc1cc(C(=O)N[C@@H](C)C2CC2)c(Cl)cc1Cl. The summed E-state index contributed by atoms with van der Waals surface area (Å²) in [6.07, 6.45) is 2.41. The van der Waals surface area contributed by atoms with Crippen molar-refractivity contribution >= 4 is 29.1 Å². The highest BCUT2D eigenvalue weighted by atomic mass is 35.5. The molecule has 0 saturated heterocycles. The monoisotopic (exact) mass is 271 g/mol. The molecule has 0 unspecified atom stereocenters. The lowest BCUT2D eigenvalue weighted by atomic mass is 10.1. The molecule has 1 saturated carbocycles. The third kappa shape index (κ3) is 2.93. The fourth-order valence-corrected chi connectivity index (χ4v) is 2.30. The van der Waals surface area contributed by atoms with E-state index in [0.29, 0.717) is 21.5 Å². The van der Waals surface area contributed by atoms with Crippen LogP contribution in [0, 0.1) is 12.8 Å². The van der Waals surface area contributed by atoms with Crippen LogP contribution in [0.25, 0.3) is 0 Å². The van der Waals surface area contributed by atoms with Crippen molar-refractivity contribution in [2.75, 3.05) is 0 Å². The molecule has 1 aromatic carbocycles. The van der Waals surface area contributed by atoms with Gasteiger partial charge in [-0.1, -0.05) is 23.2 Å². The van der Waals surface area contributed by atoms with Crippen LogP contribution in [0.4, 0.5) is 0 Å². The molecule has 0 bridgehead atoms. The number of nitrogens with one attached hydrogen (secondary N) is 1. The van der Waals surface area contributed by atoms with Gasteiger partial charge in [0.2, 0.25) is 0 Å². The van der Waals surface area contributed by atoms with Gasteiger partial charge in [-0.15, -0.1) is 0 Å². The summed E-state index contributed by atoms with van der Waals surface area (Å²) < 4.78 is 0. The van der Waals surface area contributed by atoms with Crippen molar-refractivity contribution in [2.24, 2.45) is 5.92 Å². The van der Waals surface area contributed by atoms with Crippen LogP contribution in [0.15, 0.2) is 12.1 Å². The van der Waals surface area contributed by atoms with Gasteiger partial charge in [-0.05, 0) is 50.3 Å². The molecule has 2 rings (SSSR count). The molecule has 17 heavy (non-hydrogen) atoms. The Morgan fingerprint density at radius 2 is 2.00 bits per heavy atom. The second-order valence-corrected chi connectivity index (χ2v) is 5.50. The van der Waals surface area contributed by atoms with Crippen molar-refractivity contribution in [2.45, 2.75) is 32.7 Å². The predicted octanol–water partition coefficient (Wildman–Crippen LogP) is 3.83. The van der Waals surface area contributed by atoms with Gasteiger partial charge in [-0.3, -0.25) is 4.79 Å². The zero-order chi connectivity index (χ0) is 12.6. The molecule has 1 fully saturated rings. The first-order valence-corrected chi connectivity index (χ1v) is 6.51. The number of hydrogen-bond donors (Lipinski definition) is 1. The van der Waals surface area contributed by atoms with Gasteiger partial charge in [0.25, 0.3) is 5.91 Å². The number of benzene rings is 1. The van der Waals surface area contributed by atoms with Crippen molar-refractivity contribution in [1.29, 1.82) is 0 Å². The molecule has 1 N–H and O–H groups in total. The molecule has 92 valence electrons. The number of halogens is 2. The maximum absolute atomic E-state index is 12.0. The van der Waals surface area contributed by atoms with E-state index >= 15 is 0 Å². The molecule has 0 aliphatic heterocycles. The summed E-state index contributed by atoms with van der Waals surface area (Å²) in [5, 5.41) is 3.97. The first-order valence-electron chi connectivity index (χ1n) is 5.75. The van der Waals surface area contributed by atoms with E-state index in [1.165, 1.54) is 12.8 Å². The Morgan fingerprint density at radius 1 is 1.35 bits per heavy atom. The van der Waals surface area contributed by atoms with Crippen LogP contribution in [0.1, 0.15) is 35.7 Å². The van der Waals surface area contributed by atoms with Crippen molar-refractivity contribution in [1.82, 2.24) is 5.32 Å². The Hall–Kier alpha value is -0.730. The highest BCUT2D eigenvalue weighted by Gasteiger charge is 2.29. The summed E-state index contributed by atoms with van der Waals surface area (Å²) >= 11 is 12.0. The molecular weight excluding hydrogens is 257 g/mol. The highest BCUT2D eigenvalue weighted by Crippen LogP contribution is 2.32. The Kier molecular flexibility index (Phi) is 3.64. The largest absolute Gasteiger partial charge is 0.349 e. The van der Waals surface area contributed by atoms with Crippen LogP contribution in [0.3, 0.4) is 0 Å². The van der Waals surface area contributed by atoms with Crippen LogP contribution < -0.4 is 5.32 Å². The predicted molar refractivity (Wildman–Crippen MR) is 70.9 cm³/mol. The van der Waals surface area contributed by atoms with Crippen molar-refractivity contribution < 1.29 is 4.79 Å². The topological polar surface area (TPSA) is 29.1 Å². The average molecular weight is 272 g/mol. The minimum absolute atomic E-state index is 0.117. The maximum Gasteiger partial charge on any atom is 0.253 e. The molecule has 1 aliphatic carbocycles. The lowest BCUT2D eigenvalue weighted by Gasteiger charge is -2.14. The molecular formula is C13H15Cl2NO. The molecule has 0 spiro atoms. The van der Waals surface area contributed by atoms with Crippen LogP contribution in [-0.4, -0.2) is 11.9 Å². The zero-order valence-electron chi connectivity index (χ0n) is 9.89. The second kappa shape index (κ2) is 4.87. The molecule has 4 heteroatoms. The Labute approximate surface area is 111 Å². The highest BCUT2D eigenvalue weighted by molar-refractivity contribution is 6.37. The molecule has 1 amide bonds. The van der Waals surface area contributed by atoms with E-state index in [4.69, 9.17) is 23.2 Å². The Balaban J connectivity index is 2.15. The lowest BCUT2D eigenvalue weighted by molar-refractivity contribution is 0.0936. The van der Waals surface area contributed by atoms with Gasteiger partial charge in [0.15, 0.2) is 0 Å². The average Bonchev–Trinajstić information content (AvgIpc) is 3.06. The van der Waals surface area contributed by atoms with Crippen molar-refractivity contribution in [3.05, 3.63) is 33.3 Å². The second-order valence-electron chi connectivity index (χ2n) is 4.68. The van der Waals surface area contributed by atoms with E-state index in [1.54, 1.807) is 12.1 Å². The molecule has 1 aromatic rings. The van der Waals surface area contributed by atoms with Gasteiger partial charge in [0, 0.05) is 11.1 Å². The Morgan fingerprint density at radius 3 is 2.59 bits per heavy atom. The molecule has 0 heterocycles. The van der Waals surface area contributed by atoms with Crippen LogP contribution in [-0.2, 0) is 0 Å². The molecule has 1 aliphatic rings. The maximum atomic E-state index is 12.0. The molecule has 1 atom stereocenters. The molecule has 2 nitrogen and oxygen atoms in total. The zero-order valence-corrected chi connectivity index (χ0v) is 11.4. The number of hydrogen-bond acceptors (Lipinski definition) is 1. The summed E-state index contributed by atoms with van der Waals surface area (Å²) in [5.74, 6) is 0.514. The number of carbonyl (C=O) groups excluding carboxylic acids is 1. The van der Waals surface area contributed by atoms with Gasteiger partial charge in [-0.25, -0.2) is 0 Å². The molecule has 0 aromatic heterocycles. The van der Waals surface area contributed by atoms with E-state index in [9.17, 15) is 4.79 Å². The first-order chi connectivity index (χ1) is 7.99. The van der Waals surface area contributed by atoms with E-state index in [0.717, 1.165) is 5.56 Å². The first kappa shape index (κ1) is 12.7. The fraction of sp³-hybridized carbons (Fsp3) is 0.462. The van der Waals surface area contributed by atoms with Gasteiger partial charge in [0.1, 0.15) is 0 Å². The third-order valence-corrected chi connectivity index (χ3v) is 3.90. The third-order valence-electron chi connectivity index (χ3n) is 3.18. The minimum atomic E-state index is -0.117. The smallest absolute Gasteiger partial charge is 0.253 e. The van der Waals surface area contributed by atoms with Crippen LogP contribution >= 0.6 is 23.2 Å². The van der Waals surface area contributed by atoms with E-state index < -0.39 is 0 Å². The lowest BCUT2D eigenvalue weighted by Crippen LogP contribution is -2.34. The number of carbonyl (C=O) groups is 1. The summed E-state index contributed by atoms with van der Waals surface area (Å²) in [5.41, 5.74) is 1.36. The number of rotatable bonds is 3. The van der Waals surface area contributed by atoms with Crippen LogP contribution in [0.5, 0.6) is 0 Å². The Bertz CT molecular complexity index is 455. The minimum Gasteiger partial charge on any atom is -0.349 e. The normalized spacial score (nSPS) is 16.7. The van der Waals surface area contributed by atoms with Gasteiger partial charge in [0.05, 0.1) is 10.6 Å². The van der Waals surface area contributed by atoms with Crippen molar-refractivity contribution in [3.8, 4) is 0 Å². The van der Waals surface area contributed by atoms with Gasteiger partial charge < -0.3 is 5.32 Å². The van der Waals surface area contributed by atoms with Crippen molar-refractivity contribution in [3.63, 3.8) is 0 Å². The van der Waals surface area contributed by atoms with Gasteiger partial charge in [-0.2, -0.15) is 0 Å². The standard InChI is InChI=1S/C13H15Cl2NO/c1-7-5-10(12(15)6-11(7)14)13(17)16-8(2)9-3-4-9/h5-6,8-9H,3-4H2,1-2H3,(H,16,17)/t8-/m0/s1. The fourth-order valence-electron chi connectivity index (χ4n) is 1.83. The molecule has 0 radical (unpaired) electrons. The summed E-state index contributed by atoms with van der Waals surface area (Å²) in [6.45, 7) is 3.89. The number of aryl methyl sites for hydroxylation is 1. The van der Waals surface area contributed by atoms with E-state index in [2.05, 4.69) is 5.32 Å². The van der Waals surface area contributed by atoms with E-state index in [1.807, 2.05) is 13.8 Å². The van der Waals surface area contributed by atoms with Crippen LogP contribution in [0.2, 0.25) is 10.0 Å². The van der Waals surface area contributed by atoms with Gasteiger partial charge >= 0.3 is 0 Å².